The quantitative estimate of drug-likeness (QED) is 0.174. The number of nitrogens with zero attached hydrogens (tertiary/aromatic N) is 1. The van der Waals surface area contributed by atoms with Gasteiger partial charge in [0.2, 0.25) is 0 Å². The molecule has 0 bridgehead atoms. The molecule has 164 valence electrons. The van der Waals surface area contributed by atoms with Crippen LogP contribution in [0.2, 0.25) is 0 Å². The molecule has 0 aliphatic rings. The number of esters is 1. The summed E-state index contributed by atoms with van der Waals surface area (Å²) < 4.78 is 20.0. The number of ether oxygens (including phenoxy) is 1. The van der Waals surface area contributed by atoms with Crippen LogP contribution in [-0.4, -0.2) is 24.6 Å². The maximum atomic E-state index is 13.4. The average molecular weight is 563 g/mol. The molecule has 0 aromatic heterocycles. The number of benzene rings is 3. The van der Waals surface area contributed by atoms with Gasteiger partial charge in [0, 0.05) is 15.7 Å². The Morgan fingerprint density at radius 2 is 1.84 bits per heavy atom. The number of carbonyl (C=O) groups is 2. The Kier molecular flexibility index (Phi) is 8.13. The van der Waals surface area contributed by atoms with Crippen LogP contribution in [0.1, 0.15) is 21.5 Å². The molecule has 9 heteroatoms. The molecule has 0 fully saturated rings. The van der Waals surface area contributed by atoms with Gasteiger partial charge in [0.1, 0.15) is 5.82 Å². The second-order valence-corrected chi connectivity index (χ2v) is 8.49. The average Bonchev–Trinajstić information content (AvgIpc) is 2.75. The number of halogens is 3. The van der Waals surface area contributed by atoms with Crippen molar-refractivity contribution in [1.82, 2.24) is 5.43 Å². The summed E-state index contributed by atoms with van der Waals surface area (Å²) in [6.45, 7) is 2.01. The lowest BCUT2D eigenvalue weighted by molar-refractivity contribution is -0.119. The fraction of sp³-hybridized carbons (Fsp3) is 0.0870. The summed E-state index contributed by atoms with van der Waals surface area (Å²) in [7, 11) is 0. The second kappa shape index (κ2) is 11.0. The minimum absolute atomic E-state index is 0.0317. The molecule has 0 saturated carbocycles. The van der Waals surface area contributed by atoms with E-state index in [1.165, 1.54) is 24.4 Å². The Morgan fingerprint density at radius 3 is 2.56 bits per heavy atom. The van der Waals surface area contributed by atoms with E-state index in [0.29, 0.717) is 14.5 Å². The van der Waals surface area contributed by atoms with E-state index < -0.39 is 11.8 Å². The molecule has 0 spiro atoms. The standard InChI is InChI=1S/C23H18Br2FN3O3/c1-14-5-7-19(8-6-14)27-13-21(30)29-28-12-16-9-17(24)11-20(25)22(16)32-23(31)15-3-2-4-18(26)10-15/h2-12,27H,13H2,1H3,(H,29,30). The van der Waals surface area contributed by atoms with Crippen molar-refractivity contribution in [3.8, 4) is 5.75 Å². The van der Waals surface area contributed by atoms with Crippen molar-refractivity contribution in [1.29, 1.82) is 0 Å². The number of nitrogens with one attached hydrogen (secondary N) is 2. The third-order valence-corrected chi connectivity index (χ3v) is 5.24. The van der Waals surface area contributed by atoms with Gasteiger partial charge in [0.15, 0.2) is 5.75 Å². The van der Waals surface area contributed by atoms with E-state index in [1.54, 1.807) is 12.1 Å². The molecule has 32 heavy (non-hydrogen) atoms. The highest BCUT2D eigenvalue weighted by molar-refractivity contribution is 9.11. The van der Waals surface area contributed by atoms with Gasteiger partial charge in [-0.1, -0.05) is 39.7 Å². The first-order valence-corrected chi connectivity index (χ1v) is 11.0. The summed E-state index contributed by atoms with van der Waals surface area (Å²) >= 11 is 6.72. The molecular weight excluding hydrogens is 545 g/mol. The van der Waals surface area contributed by atoms with Crippen molar-refractivity contribution < 1.29 is 18.7 Å². The number of carbonyl (C=O) groups excluding carboxylic acids is 2. The van der Waals surface area contributed by atoms with Crippen LogP contribution in [0, 0.1) is 12.7 Å². The predicted octanol–water partition coefficient (Wildman–Crippen LogP) is 5.44. The van der Waals surface area contributed by atoms with Crippen LogP contribution < -0.4 is 15.5 Å². The van der Waals surface area contributed by atoms with Crippen molar-refractivity contribution in [2.75, 3.05) is 11.9 Å². The number of hydrogen-bond donors (Lipinski definition) is 2. The topological polar surface area (TPSA) is 79.8 Å². The van der Waals surface area contributed by atoms with Gasteiger partial charge in [-0.2, -0.15) is 5.10 Å². The number of hydrazone groups is 1. The summed E-state index contributed by atoms with van der Waals surface area (Å²) in [5.41, 5.74) is 4.85. The zero-order chi connectivity index (χ0) is 23.1. The fourth-order valence-electron chi connectivity index (χ4n) is 2.62. The summed E-state index contributed by atoms with van der Waals surface area (Å²) in [5, 5.41) is 6.95. The van der Waals surface area contributed by atoms with Crippen LogP contribution in [0.5, 0.6) is 5.75 Å². The molecule has 3 rings (SSSR count). The molecule has 3 aromatic rings. The van der Waals surface area contributed by atoms with Crippen LogP contribution in [0.15, 0.2) is 74.7 Å². The molecule has 0 heterocycles. The highest BCUT2D eigenvalue weighted by Gasteiger charge is 2.16. The van der Waals surface area contributed by atoms with Crippen molar-refractivity contribution in [2.45, 2.75) is 6.92 Å². The molecule has 1 amide bonds. The zero-order valence-corrected chi connectivity index (χ0v) is 20.0. The lowest BCUT2D eigenvalue weighted by atomic mass is 10.2. The van der Waals surface area contributed by atoms with Crippen molar-refractivity contribution in [3.63, 3.8) is 0 Å². The highest BCUT2D eigenvalue weighted by Crippen LogP contribution is 2.32. The monoisotopic (exact) mass is 561 g/mol. The van der Waals surface area contributed by atoms with Crippen molar-refractivity contribution in [2.24, 2.45) is 5.10 Å². The lowest BCUT2D eigenvalue weighted by Gasteiger charge is -2.11. The number of hydrogen-bond acceptors (Lipinski definition) is 5. The maximum absolute atomic E-state index is 13.4. The SMILES string of the molecule is Cc1ccc(NCC(=O)NN=Cc2cc(Br)cc(Br)c2OC(=O)c2cccc(F)c2)cc1. The van der Waals surface area contributed by atoms with Crippen LogP contribution >= 0.6 is 31.9 Å². The molecule has 0 aliphatic carbocycles. The molecule has 0 aliphatic heterocycles. The van der Waals surface area contributed by atoms with E-state index in [-0.39, 0.29) is 23.8 Å². The smallest absolute Gasteiger partial charge is 0.343 e. The first kappa shape index (κ1) is 23.6. The Balaban J connectivity index is 1.67. The minimum Gasteiger partial charge on any atom is -0.421 e. The molecule has 0 radical (unpaired) electrons. The van der Waals surface area contributed by atoms with Gasteiger partial charge in [0.05, 0.1) is 22.8 Å². The third kappa shape index (κ3) is 6.73. The molecule has 0 atom stereocenters. The first-order valence-electron chi connectivity index (χ1n) is 9.41. The number of anilines is 1. The Bertz CT molecular complexity index is 1170. The maximum Gasteiger partial charge on any atom is 0.343 e. The summed E-state index contributed by atoms with van der Waals surface area (Å²) in [6.07, 6.45) is 1.35. The summed E-state index contributed by atoms with van der Waals surface area (Å²) in [6, 6.07) is 16.2. The van der Waals surface area contributed by atoms with Crippen LogP contribution in [0.25, 0.3) is 0 Å². The van der Waals surface area contributed by atoms with Gasteiger partial charge < -0.3 is 10.1 Å². The minimum atomic E-state index is -0.728. The third-order valence-electron chi connectivity index (χ3n) is 4.19. The Hall–Kier alpha value is -3.04. The van der Waals surface area contributed by atoms with Crippen LogP contribution in [0.3, 0.4) is 0 Å². The van der Waals surface area contributed by atoms with Gasteiger partial charge in [-0.15, -0.1) is 0 Å². The van der Waals surface area contributed by atoms with E-state index in [9.17, 15) is 14.0 Å². The fourth-order valence-corrected chi connectivity index (χ4v) is 3.96. The first-order chi connectivity index (χ1) is 15.3. The van der Waals surface area contributed by atoms with Gasteiger partial charge >= 0.3 is 5.97 Å². The van der Waals surface area contributed by atoms with Crippen molar-refractivity contribution in [3.05, 3.63) is 92.1 Å². The highest BCUT2D eigenvalue weighted by atomic mass is 79.9. The van der Waals surface area contributed by atoms with E-state index in [0.717, 1.165) is 17.3 Å². The molecule has 3 aromatic carbocycles. The second-order valence-electron chi connectivity index (χ2n) is 6.72. The Morgan fingerprint density at radius 1 is 1.09 bits per heavy atom. The van der Waals surface area contributed by atoms with E-state index in [2.05, 4.69) is 47.7 Å². The molecule has 2 N–H and O–H groups in total. The van der Waals surface area contributed by atoms with Gasteiger partial charge in [-0.25, -0.2) is 14.6 Å². The number of aryl methyl sites for hydroxylation is 1. The normalized spacial score (nSPS) is 10.8. The largest absolute Gasteiger partial charge is 0.421 e. The van der Waals surface area contributed by atoms with Gasteiger partial charge in [0.25, 0.3) is 5.91 Å². The van der Waals surface area contributed by atoms with E-state index in [4.69, 9.17) is 4.74 Å². The van der Waals surface area contributed by atoms with Crippen molar-refractivity contribution >= 4 is 55.6 Å². The Labute approximate surface area is 201 Å². The van der Waals surface area contributed by atoms with Gasteiger partial charge in [-0.3, -0.25) is 4.79 Å². The zero-order valence-electron chi connectivity index (χ0n) is 16.9. The van der Waals surface area contributed by atoms with Crippen LogP contribution in [0.4, 0.5) is 10.1 Å². The predicted molar refractivity (Wildman–Crippen MR) is 129 cm³/mol. The van der Waals surface area contributed by atoms with E-state index in [1.807, 2.05) is 31.2 Å². The number of amides is 1. The lowest BCUT2D eigenvalue weighted by Crippen LogP contribution is -2.25. The molecule has 0 unspecified atom stereocenters. The number of rotatable bonds is 7. The summed E-state index contributed by atoms with van der Waals surface area (Å²) in [5.74, 6) is -1.45. The van der Waals surface area contributed by atoms with Gasteiger partial charge in [-0.05, 0) is 65.3 Å². The summed E-state index contributed by atoms with van der Waals surface area (Å²) in [4.78, 5) is 24.5. The molecule has 6 nitrogen and oxygen atoms in total. The van der Waals surface area contributed by atoms with Crippen LogP contribution in [-0.2, 0) is 4.79 Å². The molecule has 0 saturated heterocycles. The van der Waals surface area contributed by atoms with E-state index >= 15 is 0 Å². The molecular formula is C23H18Br2FN3O3.